The van der Waals surface area contributed by atoms with Crippen LogP contribution in [0.15, 0.2) is 48.5 Å². The molecule has 1 atom stereocenters. The van der Waals surface area contributed by atoms with Gasteiger partial charge in [0.25, 0.3) is 0 Å². The summed E-state index contributed by atoms with van der Waals surface area (Å²) >= 11 is 0. The van der Waals surface area contributed by atoms with Crippen molar-refractivity contribution in [3.63, 3.8) is 0 Å². The number of carbonyl (C=O) groups excluding carboxylic acids is 3. The predicted octanol–water partition coefficient (Wildman–Crippen LogP) is 2.40. The van der Waals surface area contributed by atoms with Gasteiger partial charge in [-0.15, -0.1) is 0 Å². The molecule has 0 aliphatic carbocycles. The third kappa shape index (κ3) is 7.61. The monoisotopic (exact) mass is 452 g/mol. The molecule has 8 heteroatoms. The first kappa shape index (κ1) is 24.3. The maximum Gasteiger partial charge on any atom is 0.319 e. The lowest BCUT2D eigenvalue weighted by molar-refractivity contribution is -0.135. The van der Waals surface area contributed by atoms with Crippen molar-refractivity contribution in [1.82, 2.24) is 15.5 Å². The number of benzene rings is 2. The number of hydrogen-bond acceptors (Lipinski definition) is 4. The van der Waals surface area contributed by atoms with Crippen molar-refractivity contribution >= 4 is 23.5 Å². The van der Waals surface area contributed by atoms with Gasteiger partial charge in [0.2, 0.25) is 11.8 Å². The molecule has 2 aromatic rings. The van der Waals surface area contributed by atoms with Gasteiger partial charge < -0.3 is 25.6 Å². The van der Waals surface area contributed by atoms with E-state index in [1.54, 1.807) is 4.90 Å². The molecule has 2 aromatic carbocycles. The highest BCUT2D eigenvalue weighted by Gasteiger charge is 2.27. The van der Waals surface area contributed by atoms with Crippen molar-refractivity contribution in [3.8, 4) is 0 Å². The van der Waals surface area contributed by atoms with E-state index < -0.39 is 12.1 Å². The van der Waals surface area contributed by atoms with Crippen LogP contribution in [0, 0.1) is 13.8 Å². The summed E-state index contributed by atoms with van der Waals surface area (Å²) in [5, 5.41) is 8.43. The molecule has 0 radical (unpaired) electrons. The Labute approximate surface area is 194 Å². The van der Waals surface area contributed by atoms with Crippen LogP contribution in [0.2, 0.25) is 0 Å². The summed E-state index contributed by atoms with van der Waals surface area (Å²) in [6.45, 7) is 5.84. The minimum Gasteiger partial charge on any atom is -0.378 e. The Morgan fingerprint density at radius 1 is 1.06 bits per heavy atom. The van der Waals surface area contributed by atoms with E-state index in [1.807, 2.05) is 62.4 Å². The van der Waals surface area contributed by atoms with Crippen molar-refractivity contribution in [1.29, 1.82) is 0 Å². The van der Waals surface area contributed by atoms with Crippen LogP contribution in [0.5, 0.6) is 0 Å². The molecule has 1 saturated heterocycles. The van der Waals surface area contributed by atoms with Gasteiger partial charge in [-0.2, -0.15) is 0 Å². The van der Waals surface area contributed by atoms with Crippen molar-refractivity contribution in [2.75, 3.05) is 38.2 Å². The lowest BCUT2D eigenvalue weighted by Gasteiger charge is -2.28. The number of ether oxygens (including phenoxy) is 1. The third-order valence-corrected chi connectivity index (χ3v) is 5.65. The molecule has 0 bridgehead atoms. The summed E-state index contributed by atoms with van der Waals surface area (Å²) in [6.07, 6.45) is 0.544. The molecular weight excluding hydrogens is 420 g/mol. The normalized spacial score (nSPS) is 15.8. The highest BCUT2D eigenvalue weighted by Crippen LogP contribution is 2.14. The van der Waals surface area contributed by atoms with Gasteiger partial charge in [0, 0.05) is 38.2 Å². The number of rotatable bonds is 5. The second-order valence-corrected chi connectivity index (χ2v) is 8.18. The van der Waals surface area contributed by atoms with Crippen LogP contribution < -0.4 is 16.0 Å². The predicted molar refractivity (Wildman–Crippen MR) is 127 cm³/mol. The average molecular weight is 453 g/mol. The fourth-order valence-corrected chi connectivity index (χ4v) is 3.61. The van der Waals surface area contributed by atoms with E-state index in [4.69, 9.17) is 4.74 Å². The van der Waals surface area contributed by atoms with E-state index in [1.165, 1.54) is 0 Å². The number of anilines is 1. The maximum absolute atomic E-state index is 13.5. The summed E-state index contributed by atoms with van der Waals surface area (Å²) in [5.74, 6) is -0.371. The molecule has 3 rings (SSSR count). The Hall–Kier alpha value is -3.39. The maximum atomic E-state index is 13.5. The standard InChI is InChI=1S/C25H32N4O4/c1-18-8-9-21(16-19(18)2)27-25(32)28-22(17-20-6-4-3-5-7-20)24(31)29-12-10-23(30)26-11-14-33-15-13-29/h3-9,16,22H,10-15,17H2,1-2H3,(H,26,30)(H2,27,28,32)/t22-/m1/s1. The van der Waals surface area contributed by atoms with Crippen LogP contribution in [0.4, 0.5) is 10.5 Å². The molecule has 4 amide bonds. The minimum absolute atomic E-state index is 0.127. The highest BCUT2D eigenvalue weighted by molar-refractivity contribution is 5.94. The Bertz CT molecular complexity index is 964. The van der Waals surface area contributed by atoms with Gasteiger partial charge in [0.05, 0.1) is 13.2 Å². The fraction of sp³-hybridized carbons (Fsp3) is 0.400. The quantitative estimate of drug-likeness (QED) is 0.649. The van der Waals surface area contributed by atoms with E-state index in [-0.39, 0.29) is 24.8 Å². The average Bonchev–Trinajstić information content (AvgIpc) is 2.80. The zero-order chi connectivity index (χ0) is 23.6. The van der Waals surface area contributed by atoms with Crippen LogP contribution in [0.1, 0.15) is 23.1 Å². The van der Waals surface area contributed by atoms with Gasteiger partial charge in [-0.1, -0.05) is 36.4 Å². The van der Waals surface area contributed by atoms with Gasteiger partial charge in [-0.3, -0.25) is 9.59 Å². The van der Waals surface area contributed by atoms with Crippen molar-refractivity contribution in [3.05, 3.63) is 65.2 Å². The Balaban J connectivity index is 1.74. The fourth-order valence-electron chi connectivity index (χ4n) is 3.61. The molecule has 0 unspecified atom stereocenters. The summed E-state index contributed by atoms with van der Waals surface area (Å²) in [5.41, 5.74) is 3.78. The van der Waals surface area contributed by atoms with Gasteiger partial charge in [0.1, 0.15) is 6.04 Å². The molecule has 0 saturated carbocycles. The molecule has 33 heavy (non-hydrogen) atoms. The van der Waals surface area contributed by atoms with E-state index in [2.05, 4.69) is 16.0 Å². The number of nitrogens with zero attached hydrogens (tertiary/aromatic N) is 1. The SMILES string of the molecule is Cc1ccc(NC(=O)N[C@H](Cc2ccccc2)C(=O)N2CCOCCNC(=O)CC2)cc1C. The first-order valence-corrected chi connectivity index (χ1v) is 11.2. The second-order valence-electron chi connectivity index (χ2n) is 8.18. The topological polar surface area (TPSA) is 99.8 Å². The second kappa shape index (κ2) is 12.0. The van der Waals surface area contributed by atoms with Crippen molar-refractivity contribution < 1.29 is 19.1 Å². The van der Waals surface area contributed by atoms with Crippen molar-refractivity contribution in [2.45, 2.75) is 32.7 Å². The van der Waals surface area contributed by atoms with Crippen molar-refractivity contribution in [2.24, 2.45) is 0 Å². The first-order valence-electron chi connectivity index (χ1n) is 11.2. The zero-order valence-corrected chi connectivity index (χ0v) is 19.2. The minimum atomic E-state index is -0.787. The molecule has 1 aliphatic rings. The number of amides is 4. The van der Waals surface area contributed by atoms with E-state index in [0.29, 0.717) is 38.4 Å². The van der Waals surface area contributed by atoms with Crippen LogP contribution >= 0.6 is 0 Å². The van der Waals surface area contributed by atoms with Gasteiger partial charge >= 0.3 is 6.03 Å². The van der Waals surface area contributed by atoms with Gasteiger partial charge in [-0.05, 0) is 42.7 Å². The molecule has 8 nitrogen and oxygen atoms in total. The zero-order valence-electron chi connectivity index (χ0n) is 19.2. The van der Waals surface area contributed by atoms with E-state index in [9.17, 15) is 14.4 Å². The number of aryl methyl sites for hydroxylation is 2. The number of carbonyl (C=O) groups is 3. The smallest absolute Gasteiger partial charge is 0.319 e. The van der Waals surface area contributed by atoms with E-state index in [0.717, 1.165) is 16.7 Å². The molecule has 1 heterocycles. The van der Waals surface area contributed by atoms with Crippen LogP contribution in [-0.2, 0) is 20.7 Å². The summed E-state index contributed by atoms with van der Waals surface area (Å²) in [4.78, 5) is 39.8. The molecule has 1 fully saturated rings. The lowest BCUT2D eigenvalue weighted by Crippen LogP contribution is -2.52. The molecule has 3 N–H and O–H groups in total. The number of nitrogens with one attached hydrogen (secondary N) is 3. The summed E-state index contributed by atoms with van der Waals surface area (Å²) < 4.78 is 5.51. The number of hydrogen-bond donors (Lipinski definition) is 3. The van der Waals surface area contributed by atoms with Gasteiger partial charge in [0.15, 0.2) is 0 Å². The number of urea groups is 1. The molecule has 1 aliphatic heterocycles. The molecular formula is C25H32N4O4. The lowest BCUT2D eigenvalue weighted by atomic mass is 10.0. The molecule has 176 valence electrons. The van der Waals surface area contributed by atoms with Crippen LogP contribution in [0.3, 0.4) is 0 Å². The van der Waals surface area contributed by atoms with Gasteiger partial charge in [-0.25, -0.2) is 4.79 Å². The first-order chi connectivity index (χ1) is 15.9. The molecule has 0 spiro atoms. The molecule has 0 aromatic heterocycles. The highest BCUT2D eigenvalue weighted by atomic mass is 16.5. The summed E-state index contributed by atoms with van der Waals surface area (Å²) in [7, 11) is 0. The Morgan fingerprint density at radius 3 is 2.61 bits per heavy atom. The Kier molecular flexibility index (Phi) is 8.83. The summed E-state index contributed by atoms with van der Waals surface area (Å²) in [6, 6.07) is 14.0. The van der Waals surface area contributed by atoms with Crippen LogP contribution in [-0.4, -0.2) is 61.6 Å². The Morgan fingerprint density at radius 2 is 1.85 bits per heavy atom. The van der Waals surface area contributed by atoms with E-state index >= 15 is 0 Å². The van der Waals surface area contributed by atoms with Crippen LogP contribution in [0.25, 0.3) is 0 Å². The largest absolute Gasteiger partial charge is 0.378 e. The third-order valence-electron chi connectivity index (χ3n) is 5.65.